The first-order chi connectivity index (χ1) is 14.3. The van der Waals surface area contributed by atoms with Crippen molar-refractivity contribution >= 4 is 11.4 Å². The molecular formula is C25H29N3O. The minimum Gasteiger partial charge on any atom is -0.493 e. The SMILES string of the molecule is CCCCC(CC)COc1ccc(N=Nc2ccc(-c3cccnc3)cc2)cc1. The largest absolute Gasteiger partial charge is 0.493 e. The average molecular weight is 388 g/mol. The van der Waals surface area contributed by atoms with Gasteiger partial charge in [-0.15, -0.1) is 0 Å². The first kappa shape index (κ1) is 20.7. The summed E-state index contributed by atoms with van der Waals surface area (Å²) in [4.78, 5) is 4.15. The third-order valence-corrected chi connectivity index (χ3v) is 5.01. The van der Waals surface area contributed by atoms with Crippen LogP contribution in [0.3, 0.4) is 0 Å². The fourth-order valence-corrected chi connectivity index (χ4v) is 3.09. The van der Waals surface area contributed by atoms with Crippen molar-refractivity contribution in [3.8, 4) is 16.9 Å². The number of pyridine rings is 1. The first-order valence-electron chi connectivity index (χ1n) is 10.4. The van der Waals surface area contributed by atoms with Crippen molar-refractivity contribution in [3.05, 3.63) is 73.1 Å². The highest BCUT2D eigenvalue weighted by Crippen LogP contribution is 2.25. The molecule has 0 spiro atoms. The Balaban J connectivity index is 1.54. The zero-order valence-corrected chi connectivity index (χ0v) is 17.3. The monoisotopic (exact) mass is 387 g/mol. The maximum Gasteiger partial charge on any atom is 0.119 e. The van der Waals surface area contributed by atoms with E-state index < -0.39 is 0 Å². The summed E-state index contributed by atoms with van der Waals surface area (Å²) in [5, 5.41) is 8.66. The van der Waals surface area contributed by atoms with Crippen LogP contribution >= 0.6 is 0 Å². The molecule has 0 aliphatic heterocycles. The molecule has 1 aromatic heterocycles. The topological polar surface area (TPSA) is 46.8 Å². The molecule has 0 aliphatic carbocycles. The van der Waals surface area contributed by atoms with Crippen LogP contribution in [0.4, 0.5) is 11.4 Å². The number of ether oxygens (including phenoxy) is 1. The summed E-state index contributed by atoms with van der Waals surface area (Å²) in [5.74, 6) is 1.52. The van der Waals surface area contributed by atoms with Crippen LogP contribution in [0.2, 0.25) is 0 Å². The molecule has 1 atom stereocenters. The Morgan fingerprint density at radius 1 is 0.862 bits per heavy atom. The van der Waals surface area contributed by atoms with Crippen molar-refractivity contribution in [2.24, 2.45) is 16.1 Å². The quantitative estimate of drug-likeness (QED) is 0.334. The van der Waals surface area contributed by atoms with E-state index >= 15 is 0 Å². The highest BCUT2D eigenvalue weighted by Gasteiger charge is 2.07. The molecule has 0 saturated heterocycles. The molecule has 0 saturated carbocycles. The molecule has 1 heterocycles. The second kappa shape index (κ2) is 11.1. The predicted molar refractivity (Wildman–Crippen MR) is 119 cm³/mol. The van der Waals surface area contributed by atoms with Gasteiger partial charge in [0.1, 0.15) is 5.75 Å². The molecule has 1 unspecified atom stereocenters. The van der Waals surface area contributed by atoms with Crippen molar-refractivity contribution in [3.63, 3.8) is 0 Å². The molecule has 150 valence electrons. The summed E-state index contributed by atoms with van der Waals surface area (Å²) in [6.45, 7) is 5.24. The van der Waals surface area contributed by atoms with Gasteiger partial charge in [-0.2, -0.15) is 10.2 Å². The van der Waals surface area contributed by atoms with Gasteiger partial charge < -0.3 is 4.74 Å². The predicted octanol–water partition coefficient (Wildman–Crippen LogP) is 7.76. The van der Waals surface area contributed by atoms with Crippen molar-refractivity contribution in [1.29, 1.82) is 0 Å². The lowest BCUT2D eigenvalue weighted by Gasteiger charge is -2.15. The highest BCUT2D eigenvalue weighted by molar-refractivity contribution is 5.64. The van der Waals surface area contributed by atoms with E-state index in [-0.39, 0.29) is 0 Å². The second-order valence-corrected chi connectivity index (χ2v) is 7.21. The number of rotatable bonds is 10. The maximum atomic E-state index is 5.95. The van der Waals surface area contributed by atoms with Crippen molar-refractivity contribution in [2.75, 3.05) is 6.61 Å². The van der Waals surface area contributed by atoms with Gasteiger partial charge in [-0.1, -0.05) is 51.3 Å². The number of azo groups is 1. The minimum atomic E-state index is 0.629. The number of aromatic nitrogens is 1. The van der Waals surface area contributed by atoms with Gasteiger partial charge in [-0.05, 0) is 65.9 Å². The number of benzene rings is 2. The smallest absolute Gasteiger partial charge is 0.119 e. The molecule has 0 fully saturated rings. The minimum absolute atomic E-state index is 0.629. The molecule has 3 rings (SSSR count). The molecule has 2 aromatic carbocycles. The Morgan fingerprint density at radius 3 is 2.14 bits per heavy atom. The highest BCUT2D eigenvalue weighted by atomic mass is 16.5. The second-order valence-electron chi connectivity index (χ2n) is 7.21. The van der Waals surface area contributed by atoms with E-state index in [1.807, 2.05) is 66.9 Å². The van der Waals surface area contributed by atoms with E-state index in [0.29, 0.717) is 5.92 Å². The summed E-state index contributed by atoms with van der Waals surface area (Å²) in [6.07, 6.45) is 8.53. The van der Waals surface area contributed by atoms with E-state index in [0.717, 1.165) is 41.3 Å². The van der Waals surface area contributed by atoms with Crippen molar-refractivity contribution in [1.82, 2.24) is 4.98 Å². The number of hydrogen-bond acceptors (Lipinski definition) is 4. The third-order valence-electron chi connectivity index (χ3n) is 5.01. The molecule has 0 amide bonds. The number of nitrogens with zero attached hydrogens (tertiary/aromatic N) is 3. The van der Waals surface area contributed by atoms with E-state index in [1.54, 1.807) is 6.20 Å². The van der Waals surface area contributed by atoms with E-state index in [9.17, 15) is 0 Å². The summed E-state index contributed by atoms with van der Waals surface area (Å²) in [7, 11) is 0. The van der Waals surface area contributed by atoms with Crippen LogP contribution in [0.15, 0.2) is 83.3 Å². The van der Waals surface area contributed by atoms with Gasteiger partial charge in [-0.25, -0.2) is 0 Å². The normalized spacial score (nSPS) is 12.2. The Kier molecular flexibility index (Phi) is 7.93. The van der Waals surface area contributed by atoms with Gasteiger partial charge in [0.2, 0.25) is 0 Å². The van der Waals surface area contributed by atoms with Gasteiger partial charge in [0.15, 0.2) is 0 Å². The van der Waals surface area contributed by atoms with Gasteiger partial charge in [0, 0.05) is 12.4 Å². The maximum absolute atomic E-state index is 5.95. The lowest BCUT2D eigenvalue weighted by Crippen LogP contribution is -2.11. The fourth-order valence-electron chi connectivity index (χ4n) is 3.09. The molecule has 0 radical (unpaired) electrons. The van der Waals surface area contributed by atoms with Gasteiger partial charge in [0.25, 0.3) is 0 Å². The van der Waals surface area contributed by atoms with E-state index in [2.05, 4.69) is 29.1 Å². The van der Waals surface area contributed by atoms with E-state index in [4.69, 9.17) is 4.74 Å². The molecular weight excluding hydrogens is 358 g/mol. The number of unbranched alkanes of at least 4 members (excludes halogenated alkanes) is 1. The number of hydrogen-bond donors (Lipinski definition) is 0. The summed E-state index contributed by atoms with van der Waals surface area (Å²) >= 11 is 0. The zero-order chi connectivity index (χ0) is 20.3. The van der Waals surface area contributed by atoms with Gasteiger partial charge in [0.05, 0.1) is 18.0 Å². The molecule has 29 heavy (non-hydrogen) atoms. The first-order valence-corrected chi connectivity index (χ1v) is 10.4. The van der Waals surface area contributed by atoms with Crippen LogP contribution in [0.1, 0.15) is 39.5 Å². The molecule has 0 aliphatic rings. The van der Waals surface area contributed by atoms with Gasteiger partial charge in [-0.3, -0.25) is 4.98 Å². The van der Waals surface area contributed by atoms with Crippen LogP contribution in [-0.2, 0) is 0 Å². The summed E-state index contributed by atoms with van der Waals surface area (Å²) < 4.78 is 5.95. The molecule has 0 N–H and O–H groups in total. The van der Waals surface area contributed by atoms with Crippen molar-refractivity contribution < 1.29 is 4.74 Å². The van der Waals surface area contributed by atoms with Crippen LogP contribution in [0.5, 0.6) is 5.75 Å². The molecule has 0 bridgehead atoms. The lowest BCUT2D eigenvalue weighted by molar-refractivity contribution is 0.233. The van der Waals surface area contributed by atoms with Crippen LogP contribution in [0.25, 0.3) is 11.1 Å². The zero-order valence-electron chi connectivity index (χ0n) is 17.3. The van der Waals surface area contributed by atoms with E-state index in [1.165, 1.54) is 19.3 Å². The summed E-state index contributed by atoms with van der Waals surface area (Å²) in [5.41, 5.74) is 3.83. The molecule has 4 nitrogen and oxygen atoms in total. The van der Waals surface area contributed by atoms with Gasteiger partial charge >= 0.3 is 0 Å². The standard InChI is InChI=1S/C25H29N3O/c1-3-5-7-20(4-2)19-29-25-15-13-24(14-16-25)28-27-23-11-9-21(10-12-23)22-8-6-17-26-18-22/h6,8-18,20H,3-5,7,19H2,1-2H3. The average Bonchev–Trinajstić information content (AvgIpc) is 2.79. The van der Waals surface area contributed by atoms with Crippen LogP contribution in [0, 0.1) is 5.92 Å². The third kappa shape index (κ3) is 6.53. The Morgan fingerprint density at radius 2 is 1.55 bits per heavy atom. The Hall–Kier alpha value is -3.01. The Labute approximate surface area is 173 Å². The summed E-state index contributed by atoms with van der Waals surface area (Å²) in [6, 6.07) is 19.8. The molecule has 3 aromatic rings. The van der Waals surface area contributed by atoms with Crippen LogP contribution in [-0.4, -0.2) is 11.6 Å². The molecule has 4 heteroatoms. The Bertz CT molecular complexity index is 874. The van der Waals surface area contributed by atoms with Crippen LogP contribution < -0.4 is 4.74 Å². The van der Waals surface area contributed by atoms with Crippen molar-refractivity contribution in [2.45, 2.75) is 39.5 Å². The fraction of sp³-hybridized carbons (Fsp3) is 0.320. The lowest BCUT2D eigenvalue weighted by atomic mass is 10.0.